The van der Waals surface area contributed by atoms with Crippen molar-refractivity contribution in [2.75, 3.05) is 27.7 Å². The maximum absolute atomic E-state index is 12.2. The number of methoxy groups -OCH3 is 1. The zero-order valence-electron chi connectivity index (χ0n) is 16.3. The summed E-state index contributed by atoms with van der Waals surface area (Å²) in [5.74, 6) is 0.155. The van der Waals surface area contributed by atoms with E-state index < -0.39 is 12.0 Å². The van der Waals surface area contributed by atoms with Crippen LogP contribution in [0.15, 0.2) is 30.3 Å². The van der Waals surface area contributed by atoms with Crippen LogP contribution in [-0.2, 0) is 24.4 Å². The van der Waals surface area contributed by atoms with Crippen molar-refractivity contribution < 1.29 is 19.4 Å². The van der Waals surface area contributed by atoms with Crippen LogP contribution in [0.25, 0.3) is 0 Å². The molecule has 9 heteroatoms. The molecule has 0 radical (unpaired) electrons. The third-order valence-electron chi connectivity index (χ3n) is 4.63. The molecule has 1 aliphatic rings. The van der Waals surface area contributed by atoms with E-state index in [4.69, 9.17) is 4.74 Å². The van der Waals surface area contributed by atoms with E-state index in [1.165, 1.54) is 0 Å². The second-order valence-electron chi connectivity index (χ2n) is 6.84. The molecule has 2 N–H and O–H groups in total. The Morgan fingerprint density at radius 3 is 2.64 bits per heavy atom. The van der Waals surface area contributed by atoms with E-state index in [9.17, 15) is 14.7 Å². The molecule has 3 rings (SSSR count). The van der Waals surface area contributed by atoms with Crippen LogP contribution >= 0.6 is 0 Å². The molecule has 1 aromatic carbocycles. The Morgan fingerprint density at radius 1 is 1.29 bits per heavy atom. The molecule has 2 heterocycles. The van der Waals surface area contributed by atoms with Gasteiger partial charge in [0.05, 0.1) is 38.1 Å². The molecule has 3 amide bonds. The van der Waals surface area contributed by atoms with E-state index in [-0.39, 0.29) is 12.6 Å². The molecule has 0 spiro atoms. The van der Waals surface area contributed by atoms with Crippen LogP contribution in [0, 0.1) is 0 Å². The Balaban J connectivity index is 1.58. The first-order chi connectivity index (χ1) is 13.4. The fourth-order valence-corrected chi connectivity index (χ4v) is 3.07. The van der Waals surface area contributed by atoms with Crippen LogP contribution in [0.3, 0.4) is 0 Å². The van der Waals surface area contributed by atoms with Crippen LogP contribution < -0.4 is 10.1 Å². The summed E-state index contributed by atoms with van der Waals surface area (Å²) in [4.78, 5) is 27.7. The lowest BCUT2D eigenvalue weighted by Gasteiger charge is -2.29. The van der Waals surface area contributed by atoms with Gasteiger partial charge < -0.3 is 25.0 Å². The van der Waals surface area contributed by atoms with Gasteiger partial charge in [-0.3, -0.25) is 9.48 Å². The summed E-state index contributed by atoms with van der Waals surface area (Å²) >= 11 is 0. The minimum atomic E-state index is -1.27. The van der Waals surface area contributed by atoms with Gasteiger partial charge in [-0.25, -0.2) is 4.79 Å². The predicted molar refractivity (Wildman–Crippen MR) is 102 cm³/mol. The minimum Gasteiger partial charge on any atom is -0.497 e. The summed E-state index contributed by atoms with van der Waals surface area (Å²) < 4.78 is 6.92. The van der Waals surface area contributed by atoms with Crippen LogP contribution in [0.4, 0.5) is 4.79 Å². The molecule has 0 bridgehead atoms. The highest BCUT2D eigenvalue weighted by molar-refractivity contribution is 5.81. The quantitative estimate of drug-likeness (QED) is 0.788. The van der Waals surface area contributed by atoms with Crippen molar-refractivity contribution in [1.82, 2.24) is 24.9 Å². The molecule has 1 aromatic heterocycles. The fraction of sp³-hybridized carbons (Fsp3) is 0.421. The minimum absolute atomic E-state index is 0.0371. The van der Waals surface area contributed by atoms with Crippen molar-refractivity contribution in [3.8, 4) is 5.75 Å². The van der Waals surface area contributed by atoms with E-state index in [0.29, 0.717) is 36.6 Å². The highest BCUT2D eigenvalue weighted by Crippen LogP contribution is 2.18. The van der Waals surface area contributed by atoms with Crippen molar-refractivity contribution in [3.63, 3.8) is 0 Å². The van der Waals surface area contributed by atoms with Gasteiger partial charge >= 0.3 is 6.03 Å². The van der Waals surface area contributed by atoms with Gasteiger partial charge in [-0.15, -0.1) is 0 Å². The number of hydrogen-bond donors (Lipinski definition) is 2. The van der Waals surface area contributed by atoms with Gasteiger partial charge in [-0.2, -0.15) is 5.10 Å². The molecule has 1 atom stereocenters. The summed E-state index contributed by atoms with van der Waals surface area (Å²) in [6.45, 7) is 1.88. The lowest BCUT2D eigenvalue weighted by Crippen LogP contribution is -2.43. The van der Waals surface area contributed by atoms with Gasteiger partial charge in [-0.05, 0) is 23.8 Å². The highest BCUT2D eigenvalue weighted by Gasteiger charge is 2.24. The molecule has 2 aromatic rings. The number of rotatable bonds is 5. The average Bonchev–Trinajstić information content (AvgIpc) is 3.12. The third kappa shape index (κ3) is 4.25. The first-order valence-corrected chi connectivity index (χ1v) is 9.00. The lowest BCUT2D eigenvalue weighted by atomic mass is 10.1. The second kappa shape index (κ2) is 8.30. The molecular formula is C19H25N5O4. The number of benzene rings is 1. The number of aliphatic hydroxyl groups is 1. The molecule has 28 heavy (non-hydrogen) atoms. The smallest absolute Gasteiger partial charge is 0.319 e. The van der Waals surface area contributed by atoms with Gasteiger partial charge in [0.25, 0.3) is 5.91 Å². The van der Waals surface area contributed by atoms with Crippen molar-refractivity contribution >= 4 is 11.9 Å². The van der Waals surface area contributed by atoms with Gasteiger partial charge in [0.1, 0.15) is 5.75 Å². The molecule has 150 valence electrons. The van der Waals surface area contributed by atoms with Crippen molar-refractivity contribution in [3.05, 3.63) is 47.3 Å². The molecule has 1 aliphatic heterocycles. The largest absolute Gasteiger partial charge is 0.497 e. The molecule has 0 fully saturated rings. The number of aromatic nitrogens is 2. The van der Waals surface area contributed by atoms with Gasteiger partial charge in [0.2, 0.25) is 0 Å². The monoisotopic (exact) mass is 387 g/mol. The number of hydrogen-bond acceptors (Lipinski definition) is 5. The predicted octanol–water partition coefficient (Wildman–Crippen LogP) is 0.739. The molecule has 0 saturated heterocycles. The Morgan fingerprint density at radius 2 is 2.00 bits per heavy atom. The van der Waals surface area contributed by atoms with Crippen molar-refractivity contribution in [2.24, 2.45) is 0 Å². The highest BCUT2D eigenvalue weighted by atomic mass is 16.5. The topological polar surface area (TPSA) is 99.9 Å². The van der Waals surface area contributed by atoms with Crippen LogP contribution in [0.1, 0.15) is 23.1 Å². The summed E-state index contributed by atoms with van der Waals surface area (Å²) in [5, 5.41) is 17.4. The van der Waals surface area contributed by atoms with Crippen LogP contribution in [0.2, 0.25) is 0 Å². The maximum atomic E-state index is 12.2. The second-order valence-corrected chi connectivity index (χ2v) is 6.84. The van der Waals surface area contributed by atoms with E-state index in [2.05, 4.69) is 10.4 Å². The van der Waals surface area contributed by atoms with E-state index in [1.54, 1.807) is 55.3 Å². The first kappa shape index (κ1) is 19.7. The summed E-state index contributed by atoms with van der Waals surface area (Å²) in [6, 6.07) is 8.51. The first-order valence-electron chi connectivity index (χ1n) is 9.00. The van der Waals surface area contributed by atoms with E-state index in [1.807, 2.05) is 10.7 Å². The fourth-order valence-electron chi connectivity index (χ4n) is 3.07. The number of nitrogens with zero attached hydrogens (tertiary/aromatic N) is 4. The summed E-state index contributed by atoms with van der Waals surface area (Å²) in [7, 11) is 5.00. The number of aliphatic hydroxyl groups excluding tert-OH is 1. The number of urea groups is 1. The molecular weight excluding hydrogens is 362 g/mol. The Kier molecular flexibility index (Phi) is 5.84. The van der Waals surface area contributed by atoms with E-state index in [0.717, 1.165) is 5.69 Å². The third-order valence-corrected chi connectivity index (χ3v) is 4.63. The molecule has 0 saturated carbocycles. The zero-order valence-corrected chi connectivity index (χ0v) is 16.3. The standard InChI is InChI=1S/C19H25N5O4/c1-22(2)19(27)23-8-9-24-15(12-23)10-14(21-24)11-20-18(26)17(25)13-4-6-16(28-3)7-5-13/h4-7,10,17,25H,8-9,11-12H2,1-3H3,(H,20,26). The van der Waals surface area contributed by atoms with Crippen LogP contribution in [0.5, 0.6) is 5.75 Å². The van der Waals surface area contributed by atoms with Crippen molar-refractivity contribution in [1.29, 1.82) is 0 Å². The molecule has 9 nitrogen and oxygen atoms in total. The number of carbonyl (C=O) groups excluding carboxylic acids is 2. The Hall–Kier alpha value is -3.07. The number of fused-ring (bicyclic) bond motifs is 1. The van der Waals surface area contributed by atoms with Crippen LogP contribution in [-0.4, -0.2) is 64.4 Å². The lowest BCUT2D eigenvalue weighted by molar-refractivity contribution is -0.129. The summed E-state index contributed by atoms with van der Waals surface area (Å²) in [6.07, 6.45) is -1.27. The van der Waals surface area contributed by atoms with Crippen molar-refractivity contribution in [2.45, 2.75) is 25.7 Å². The normalized spacial score (nSPS) is 14.2. The number of nitrogens with one attached hydrogen (secondary N) is 1. The van der Waals surface area contributed by atoms with Gasteiger partial charge in [-0.1, -0.05) is 12.1 Å². The summed E-state index contributed by atoms with van der Waals surface area (Å²) in [5.41, 5.74) is 2.09. The Bertz CT molecular complexity index is 847. The van der Waals surface area contributed by atoms with E-state index >= 15 is 0 Å². The number of ether oxygens (including phenoxy) is 1. The average molecular weight is 387 g/mol. The maximum Gasteiger partial charge on any atom is 0.319 e. The zero-order chi connectivity index (χ0) is 20.3. The number of carbonyl (C=O) groups is 2. The number of amides is 3. The van der Waals surface area contributed by atoms with Gasteiger partial charge in [0, 0.05) is 20.6 Å². The SMILES string of the molecule is COc1ccc(C(O)C(=O)NCc2cc3n(n2)CCN(C(=O)N(C)C)C3)cc1. The Labute approximate surface area is 163 Å². The van der Waals surface area contributed by atoms with Gasteiger partial charge in [0.15, 0.2) is 6.10 Å². The molecule has 1 unspecified atom stereocenters. The molecule has 0 aliphatic carbocycles.